The molecule has 0 aliphatic rings. The van der Waals surface area contributed by atoms with Crippen molar-refractivity contribution in [1.82, 2.24) is 0 Å². The zero-order valence-electron chi connectivity index (χ0n) is 12.1. The van der Waals surface area contributed by atoms with Crippen LogP contribution in [0.15, 0.2) is 36.4 Å². The maximum absolute atomic E-state index is 11.6. The van der Waals surface area contributed by atoms with Gasteiger partial charge in [-0.1, -0.05) is 6.58 Å². The molecule has 0 unspecified atom stereocenters. The number of carbonyl (C=O) groups is 2. The molecule has 1 aromatic rings. The Morgan fingerprint density at radius 2 is 1.62 bits per heavy atom. The van der Waals surface area contributed by atoms with Gasteiger partial charge in [0.15, 0.2) is 0 Å². The van der Waals surface area contributed by atoms with E-state index in [-0.39, 0.29) is 11.7 Å². The highest BCUT2D eigenvalue weighted by atomic mass is 16.5. The first-order chi connectivity index (χ1) is 10.0. The van der Waals surface area contributed by atoms with Gasteiger partial charge in [-0.2, -0.15) is 0 Å². The van der Waals surface area contributed by atoms with Gasteiger partial charge in [0, 0.05) is 5.57 Å². The Morgan fingerprint density at radius 3 is 2.19 bits per heavy atom. The molecule has 0 spiro atoms. The van der Waals surface area contributed by atoms with Crippen molar-refractivity contribution in [3.8, 4) is 5.75 Å². The molecule has 5 heteroatoms. The Morgan fingerprint density at radius 1 is 1.05 bits per heavy atom. The second kappa shape index (κ2) is 8.79. The van der Waals surface area contributed by atoms with E-state index in [1.807, 2.05) is 0 Å². The highest BCUT2D eigenvalue weighted by Crippen LogP contribution is 2.10. The lowest BCUT2D eigenvalue weighted by Crippen LogP contribution is -2.08. The molecule has 5 nitrogen and oxygen atoms in total. The van der Waals surface area contributed by atoms with E-state index >= 15 is 0 Å². The van der Waals surface area contributed by atoms with Crippen LogP contribution in [0.4, 0.5) is 0 Å². The third-order valence-corrected chi connectivity index (χ3v) is 2.71. The summed E-state index contributed by atoms with van der Waals surface area (Å²) in [6.45, 7) is 5.75. The van der Waals surface area contributed by atoms with Gasteiger partial charge in [0.05, 0.1) is 18.8 Å². The number of hydrogen-bond acceptors (Lipinski definition) is 5. The Balaban J connectivity index is 2.09. The summed E-state index contributed by atoms with van der Waals surface area (Å²) in [5, 5.41) is 9.11. The molecule has 21 heavy (non-hydrogen) atoms. The molecule has 0 aliphatic carbocycles. The summed E-state index contributed by atoms with van der Waals surface area (Å²) in [6, 6.07) is 5.89. The van der Waals surface area contributed by atoms with E-state index in [0.717, 1.165) is 12.8 Å². The Bertz CT molecular complexity index is 490. The molecule has 0 bridgehead atoms. The lowest BCUT2D eigenvalue weighted by molar-refractivity contribution is -0.139. The second-order valence-electron chi connectivity index (χ2n) is 4.66. The molecule has 0 saturated heterocycles. The van der Waals surface area contributed by atoms with Crippen LogP contribution in [0.1, 0.15) is 36.5 Å². The fourth-order valence-electron chi connectivity index (χ4n) is 1.51. The zero-order valence-corrected chi connectivity index (χ0v) is 12.1. The predicted octanol–water partition coefficient (Wildman–Crippen LogP) is 2.84. The fraction of sp³-hybridized carbons (Fsp3) is 0.375. The second-order valence-corrected chi connectivity index (χ2v) is 4.66. The third kappa shape index (κ3) is 6.61. The molecule has 0 saturated carbocycles. The average molecular weight is 292 g/mol. The highest BCUT2D eigenvalue weighted by molar-refractivity contribution is 5.89. The summed E-state index contributed by atoms with van der Waals surface area (Å²) in [7, 11) is 0. The number of esters is 2. The minimum atomic E-state index is -0.413. The van der Waals surface area contributed by atoms with Crippen LogP contribution in [0.25, 0.3) is 0 Å². The van der Waals surface area contributed by atoms with Crippen LogP contribution < -0.4 is 0 Å². The lowest BCUT2D eigenvalue weighted by atomic mass is 10.2. The number of unbranched alkanes of at least 4 members (excludes halogenated alkanes) is 2. The molecule has 0 aliphatic heterocycles. The van der Waals surface area contributed by atoms with Crippen molar-refractivity contribution in [3.05, 3.63) is 42.0 Å². The van der Waals surface area contributed by atoms with E-state index < -0.39 is 5.97 Å². The van der Waals surface area contributed by atoms with Crippen molar-refractivity contribution in [2.45, 2.75) is 26.2 Å². The molecule has 0 atom stereocenters. The minimum absolute atomic E-state index is 0.107. The number of ether oxygens (including phenoxy) is 2. The van der Waals surface area contributed by atoms with Crippen molar-refractivity contribution < 1.29 is 24.2 Å². The van der Waals surface area contributed by atoms with Gasteiger partial charge in [-0.05, 0) is 50.5 Å². The highest BCUT2D eigenvalue weighted by Gasteiger charge is 2.06. The monoisotopic (exact) mass is 292 g/mol. The number of carbonyl (C=O) groups excluding carboxylic acids is 2. The van der Waals surface area contributed by atoms with E-state index in [1.165, 1.54) is 24.3 Å². The Hall–Kier alpha value is -2.30. The van der Waals surface area contributed by atoms with Gasteiger partial charge in [-0.15, -0.1) is 0 Å². The predicted molar refractivity (Wildman–Crippen MR) is 78.0 cm³/mol. The van der Waals surface area contributed by atoms with Gasteiger partial charge in [-0.25, -0.2) is 9.59 Å². The normalized spacial score (nSPS) is 9.95. The third-order valence-electron chi connectivity index (χ3n) is 2.71. The standard InChI is InChI=1S/C16H20O5/c1-12(2)15(18)20-10-4-3-5-11-21-16(19)13-6-8-14(17)9-7-13/h6-9,17H,1,3-5,10-11H2,2H3. The number of rotatable bonds is 8. The van der Waals surface area contributed by atoms with Crippen LogP contribution in [-0.2, 0) is 14.3 Å². The van der Waals surface area contributed by atoms with Crippen molar-refractivity contribution in [1.29, 1.82) is 0 Å². The van der Waals surface area contributed by atoms with Crippen molar-refractivity contribution in [3.63, 3.8) is 0 Å². The van der Waals surface area contributed by atoms with E-state index in [4.69, 9.17) is 14.6 Å². The molecule has 1 rings (SSSR count). The van der Waals surface area contributed by atoms with Gasteiger partial charge >= 0.3 is 11.9 Å². The van der Waals surface area contributed by atoms with Crippen LogP contribution >= 0.6 is 0 Å². The first-order valence-corrected chi connectivity index (χ1v) is 6.79. The van der Waals surface area contributed by atoms with Gasteiger partial charge in [0.1, 0.15) is 5.75 Å². The van der Waals surface area contributed by atoms with Gasteiger partial charge in [0.2, 0.25) is 0 Å². The summed E-state index contributed by atoms with van der Waals surface area (Å²) in [4.78, 5) is 22.7. The number of phenolic OH excluding ortho intramolecular Hbond substituents is 1. The summed E-state index contributed by atoms with van der Waals surface area (Å²) in [5.74, 6) is -0.687. The number of phenols is 1. The smallest absolute Gasteiger partial charge is 0.338 e. The fourth-order valence-corrected chi connectivity index (χ4v) is 1.51. The van der Waals surface area contributed by atoms with Crippen LogP contribution in [-0.4, -0.2) is 30.3 Å². The largest absolute Gasteiger partial charge is 0.508 e. The summed E-state index contributed by atoms with van der Waals surface area (Å²) < 4.78 is 10.0. The van der Waals surface area contributed by atoms with Gasteiger partial charge < -0.3 is 14.6 Å². The van der Waals surface area contributed by atoms with Crippen molar-refractivity contribution >= 4 is 11.9 Å². The minimum Gasteiger partial charge on any atom is -0.508 e. The molecule has 0 aromatic heterocycles. The summed E-state index contributed by atoms with van der Waals surface area (Å²) >= 11 is 0. The van der Waals surface area contributed by atoms with Crippen molar-refractivity contribution in [2.75, 3.05) is 13.2 Å². The Labute approximate surface area is 124 Å². The summed E-state index contributed by atoms with van der Waals surface area (Å²) in [5.41, 5.74) is 0.793. The molecule has 114 valence electrons. The molecule has 0 heterocycles. The topological polar surface area (TPSA) is 72.8 Å². The molecule has 1 aromatic carbocycles. The van der Waals surface area contributed by atoms with E-state index in [2.05, 4.69) is 6.58 Å². The summed E-state index contributed by atoms with van der Waals surface area (Å²) in [6.07, 6.45) is 2.22. The van der Waals surface area contributed by atoms with Crippen LogP contribution in [0.3, 0.4) is 0 Å². The maximum atomic E-state index is 11.6. The molecular formula is C16H20O5. The van der Waals surface area contributed by atoms with Gasteiger partial charge in [0.25, 0.3) is 0 Å². The van der Waals surface area contributed by atoms with Crippen LogP contribution in [0.5, 0.6) is 5.75 Å². The average Bonchev–Trinajstić information content (AvgIpc) is 2.46. The van der Waals surface area contributed by atoms with E-state index in [0.29, 0.717) is 30.8 Å². The molecular weight excluding hydrogens is 272 g/mol. The van der Waals surface area contributed by atoms with Crippen LogP contribution in [0, 0.1) is 0 Å². The number of aromatic hydroxyl groups is 1. The molecule has 0 fully saturated rings. The first-order valence-electron chi connectivity index (χ1n) is 6.79. The Kier molecular flexibility index (Phi) is 7.01. The van der Waals surface area contributed by atoms with Crippen molar-refractivity contribution in [2.24, 2.45) is 0 Å². The quantitative estimate of drug-likeness (QED) is 0.453. The zero-order chi connectivity index (χ0) is 15.7. The maximum Gasteiger partial charge on any atom is 0.338 e. The van der Waals surface area contributed by atoms with Crippen LogP contribution in [0.2, 0.25) is 0 Å². The molecule has 0 radical (unpaired) electrons. The van der Waals surface area contributed by atoms with E-state index in [9.17, 15) is 9.59 Å². The molecule has 1 N–H and O–H groups in total. The first kappa shape index (κ1) is 16.8. The number of benzene rings is 1. The van der Waals surface area contributed by atoms with Gasteiger partial charge in [-0.3, -0.25) is 0 Å². The SMILES string of the molecule is C=C(C)C(=O)OCCCCCOC(=O)c1ccc(O)cc1. The lowest BCUT2D eigenvalue weighted by Gasteiger charge is -2.06. The van der Waals surface area contributed by atoms with E-state index in [1.54, 1.807) is 6.92 Å². The number of hydrogen-bond donors (Lipinski definition) is 1. The molecule has 0 amide bonds.